The monoisotopic (exact) mass is 336 g/mol. The van der Waals surface area contributed by atoms with E-state index in [4.69, 9.17) is 0 Å². The number of carbonyl (C=O) groups is 1. The van der Waals surface area contributed by atoms with E-state index < -0.39 is 21.4 Å². The number of rotatable bonds is 5. The summed E-state index contributed by atoms with van der Waals surface area (Å²) in [5.41, 5.74) is 0.855. The highest BCUT2D eigenvalue weighted by Crippen LogP contribution is 2.23. The van der Waals surface area contributed by atoms with E-state index in [0.29, 0.717) is 5.39 Å². The van der Waals surface area contributed by atoms with Crippen LogP contribution in [0.1, 0.15) is 5.56 Å². The van der Waals surface area contributed by atoms with Crippen molar-refractivity contribution in [1.29, 1.82) is 0 Å². The number of allylic oxidation sites excluding steroid dienone is 1. The van der Waals surface area contributed by atoms with Crippen LogP contribution in [0, 0.1) is 0 Å². The van der Waals surface area contributed by atoms with Gasteiger partial charge in [0.05, 0.1) is 4.90 Å². The van der Waals surface area contributed by atoms with Gasteiger partial charge in [0.2, 0.25) is 0 Å². The fourth-order valence-electron chi connectivity index (χ4n) is 2.53. The summed E-state index contributed by atoms with van der Waals surface area (Å²) in [6.07, 6.45) is 2.94. The molecule has 0 unspecified atom stereocenters. The van der Waals surface area contributed by atoms with Gasteiger partial charge in [0.25, 0.3) is 0 Å². The highest BCUT2D eigenvalue weighted by atomic mass is 32.2. The van der Waals surface area contributed by atoms with Crippen molar-refractivity contribution in [2.24, 2.45) is 0 Å². The number of sulfone groups is 1. The standard InChI is InChI=1S/C20H16O3S/c21-18(14-13-16-7-2-1-3-8-16)15-24(22,23)20-12-6-10-17-9-4-5-11-19(17)20/h1-14H,15H2/b14-13+. The molecule has 0 aliphatic rings. The Kier molecular flexibility index (Phi) is 4.58. The fraction of sp³-hybridized carbons (Fsp3) is 0.0500. The zero-order valence-electron chi connectivity index (χ0n) is 12.9. The molecule has 0 atom stereocenters. The van der Waals surface area contributed by atoms with E-state index in [1.54, 1.807) is 30.3 Å². The topological polar surface area (TPSA) is 51.2 Å². The number of hydrogen-bond acceptors (Lipinski definition) is 3. The predicted octanol–water partition coefficient (Wildman–Crippen LogP) is 3.90. The molecule has 0 fully saturated rings. The number of ketones is 1. The Balaban J connectivity index is 1.85. The number of hydrogen-bond donors (Lipinski definition) is 0. The average Bonchev–Trinajstić information content (AvgIpc) is 2.60. The zero-order valence-corrected chi connectivity index (χ0v) is 13.7. The van der Waals surface area contributed by atoms with Crippen molar-refractivity contribution in [2.45, 2.75) is 4.90 Å². The first-order valence-corrected chi connectivity index (χ1v) is 9.18. The van der Waals surface area contributed by atoms with Gasteiger partial charge < -0.3 is 0 Å². The van der Waals surface area contributed by atoms with Crippen LogP contribution in [0.5, 0.6) is 0 Å². The van der Waals surface area contributed by atoms with E-state index in [0.717, 1.165) is 10.9 Å². The molecule has 4 heteroatoms. The molecule has 24 heavy (non-hydrogen) atoms. The Morgan fingerprint density at radius 2 is 1.50 bits per heavy atom. The molecule has 0 radical (unpaired) electrons. The summed E-state index contributed by atoms with van der Waals surface area (Å²) < 4.78 is 25.2. The van der Waals surface area contributed by atoms with Crippen LogP contribution in [0.4, 0.5) is 0 Å². The van der Waals surface area contributed by atoms with E-state index >= 15 is 0 Å². The van der Waals surface area contributed by atoms with Crippen LogP contribution in [0.25, 0.3) is 16.8 Å². The lowest BCUT2D eigenvalue weighted by atomic mass is 10.1. The van der Waals surface area contributed by atoms with Gasteiger partial charge in [-0.2, -0.15) is 0 Å². The first-order valence-electron chi connectivity index (χ1n) is 7.53. The maximum absolute atomic E-state index is 12.6. The van der Waals surface area contributed by atoms with Crippen molar-refractivity contribution in [3.05, 3.63) is 84.4 Å². The van der Waals surface area contributed by atoms with Crippen molar-refractivity contribution in [2.75, 3.05) is 5.75 Å². The molecule has 0 saturated carbocycles. The van der Waals surface area contributed by atoms with Crippen LogP contribution < -0.4 is 0 Å². The van der Waals surface area contributed by atoms with E-state index in [9.17, 15) is 13.2 Å². The van der Waals surface area contributed by atoms with Gasteiger partial charge in [-0.05, 0) is 23.1 Å². The molecule has 0 bridgehead atoms. The van der Waals surface area contributed by atoms with Gasteiger partial charge in [0, 0.05) is 5.39 Å². The second-order valence-corrected chi connectivity index (χ2v) is 7.40. The van der Waals surface area contributed by atoms with Crippen LogP contribution in [-0.2, 0) is 14.6 Å². The second kappa shape index (κ2) is 6.81. The molecule has 3 aromatic carbocycles. The summed E-state index contributed by atoms with van der Waals surface area (Å²) >= 11 is 0. The molecule has 0 amide bonds. The fourth-order valence-corrected chi connectivity index (χ4v) is 3.97. The second-order valence-electron chi connectivity index (χ2n) is 5.45. The van der Waals surface area contributed by atoms with Crippen LogP contribution in [0.2, 0.25) is 0 Å². The lowest BCUT2D eigenvalue weighted by Gasteiger charge is -2.06. The summed E-state index contributed by atoms with van der Waals surface area (Å²) in [4.78, 5) is 12.3. The van der Waals surface area contributed by atoms with Crippen LogP contribution in [0.3, 0.4) is 0 Å². The molecule has 3 rings (SSSR count). The quantitative estimate of drug-likeness (QED) is 0.664. The highest BCUT2D eigenvalue weighted by Gasteiger charge is 2.20. The van der Waals surface area contributed by atoms with Crippen molar-refractivity contribution < 1.29 is 13.2 Å². The van der Waals surface area contributed by atoms with Crippen molar-refractivity contribution in [3.63, 3.8) is 0 Å². The maximum atomic E-state index is 12.6. The zero-order chi connectivity index (χ0) is 17.0. The summed E-state index contributed by atoms with van der Waals surface area (Å²) in [6.45, 7) is 0. The molecular weight excluding hydrogens is 320 g/mol. The van der Waals surface area contributed by atoms with Gasteiger partial charge in [-0.15, -0.1) is 0 Å². The van der Waals surface area contributed by atoms with Gasteiger partial charge in [-0.1, -0.05) is 72.8 Å². The smallest absolute Gasteiger partial charge is 0.186 e. The average molecular weight is 336 g/mol. The summed E-state index contributed by atoms with van der Waals surface area (Å²) in [7, 11) is -3.69. The molecule has 3 nitrogen and oxygen atoms in total. The molecular formula is C20H16O3S. The molecule has 3 aromatic rings. The van der Waals surface area contributed by atoms with E-state index in [-0.39, 0.29) is 4.90 Å². The van der Waals surface area contributed by atoms with E-state index in [2.05, 4.69) is 0 Å². The molecule has 0 aromatic heterocycles. The molecule has 120 valence electrons. The van der Waals surface area contributed by atoms with Gasteiger partial charge in [-0.25, -0.2) is 8.42 Å². The minimum atomic E-state index is -3.69. The number of fused-ring (bicyclic) bond motifs is 1. The van der Waals surface area contributed by atoms with E-state index in [1.165, 1.54) is 6.08 Å². The number of carbonyl (C=O) groups excluding carboxylic acids is 1. The Labute approximate surface area is 141 Å². The summed E-state index contributed by atoms with van der Waals surface area (Å²) in [5, 5.41) is 1.48. The molecule has 0 heterocycles. The number of benzene rings is 3. The van der Waals surface area contributed by atoms with Gasteiger partial charge in [0.1, 0.15) is 5.75 Å². The van der Waals surface area contributed by atoms with E-state index in [1.807, 2.05) is 48.5 Å². The first-order chi connectivity index (χ1) is 11.6. The minimum absolute atomic E-state index is 0.196. The maximum Gasteiger partial charge on any atom is 0.186 e. The Morgan fingerprint density at radius 1 is 0.833 bits per heavy atom. The molecule has 0 N–H and O–H groups in total. The highest BCUT2D eigenvalue weighted by molar-refractivity contribution is 7.92. The molecule has 0 spiro atoms. The van der Waals surface area contributed by atoms with Crippen LogP contribution in [-0.4, -0.2) is 20.0 Å². The lowest BCUT2D eigenvalue weighted by molar-refractivity contribution is -0.112. The van der Waals surface area contributed by atoms with Crippen molar-refractivity contribution in [3.8, 4) is 0 Å². The first kappa shape index (κ1) is 16.1. The molecule has 0 aliphatic heterocycles. The van der Waals surface area contributed by atoms with Crippen LogP contribution >= 0.6 is 0 Å². The third-order valence-corrected chi connectivity index (χ3v) is 5.37. The van der Waals surface area contributed by atoms with Gasteiger partial charge >= 0.3 is 0 Å². The van der Waals surface area contributed by atoms with Gasteiger partial charge in [-0.3, -0.25) is 4.79 Å². The lowest BCUT2D eigenvalue weighted by Crippen LogP contribution is -2.14. The van der Waals surface area contributed by atoms with Gasteiger partial charge in [0.15, 0.2) is 15.6 Å². The summed E-state index contributed by atoms with van der Waals surface area (Å²) in [6, 6.07) is 21.6. The van der Waals surface area contributed by atoms with Crippen molar-refractivity contribution in [1.82, 2.24) is 0 Å². The summed E-state index contributed by atoms with van der Waals surface area (Å²) in [5.74, 6) is -0.976. The predicted molar refractivity (Wildman–Crippen MR) is 96.5 cm³/mol. The van der Waals surface area contributed by atoms with Crippen LogP contribution in [0.15, 0.2) is 83.8 Å². The Morgan fingerprint density at radius 3 is 2.29 bits per heavy atom. The Hall–Kier alpha value is -2.72. The van der Waals surface area contributed by atoms with Crippen molar-refractivity contribution >= 4 is 32.5 Å². The largest absolute Gasteiger partial charge is 0.294 e. The minimum Gasteiger partial charge on any atom is -0.294 e. The SMILES string of the molecule is O=C(/C=C/c1ccccc1)CS(=O)(=O)c1cccc2ccccc12. The third kappa shape index (κ3) is 3.60. The molecule has 0 saturated heterocycles. The normalized spacial score (nSPS) is 11.8. The third-order valence-electron chi connectivity index (χ3n) is 3.68. The Bertz CT molecular complexity index is 998. The molecule has 0 aliphatic carbocycles.